The monoisotopic (exact) mass is 885 g/mol. The molecule has 0 aromatic heterocycles. The highest BCUT2D eigenvalue weighted by molar-refractivity contribution is 5.71. The molecular formula is C57H104O6. The first-order valence-electron chi connectivity index (χ1n) is 27.5. The Labute approximate surface area is 391 Å². The molecule has 368 valence electrons. The average molecular weight is 885 g/mol. The summed E-state index contributed by atoms with van der Waals surface area (Å²) >= 11 is 0. The van der Waals surface area contributed by atoms with Crippen LogP contribution in [-0.4, -0.2) is 37.2 Å². The lowest BCUT2D eigenvalue weighted by Gasteiger charge is -2.18. The third-order valence-electron chi connectivity index (χ3n) is 12.1. The average Bonchev–Trinajstić information content (AvgIpc) is 3.28. The molecular weight excluding hydrogens is 781 g/mol. The molecule has 63 heavy (non-hydrogen) atoms. The number of carbonyl (C=O) groups excluding carboxylic acids is 3. The van der Waals surface area contributed by atoms with Crippen molar-refractivity contribution in [1.82, 2.24) is 0 Å². The van der Waals surface area contributed by atoms with Gasteiger partial charge in [-0.3, -0.25) is 14.4 Å². The number of unbranched alkanes of at least 4 members (excludes halogenated alkanes) is 34. The Bertz CT molecular complexity index is 1060. The largest absolute Gasteiger partial charge is 0.462 e. The molecule has 0 spiro atoms. The van der Waals surface area contributed by atoms with E-state index in [9.17, 15) is 14.4 Å². The molecule has 0 fully saturated rings. The molecule has 0 bridgehead atoms. The van der Waals surface area contributed by atoms with Crippen LogP contribution in [0.25, 0.3) is 0 Å². The van der Waals surface area contributed by atoms with Gasteiger partial charge in [-0.15, -0.1) is 0 Å². The van der Waals surface area contributed by atoms with Crippen LogP contribution < -0.4 is 0 Å². The van der Waals surface area contributed by atoms with Gasteiger partial charge < -0.3 is 14.2 Å². The predicted octanol–water partition coefficient (Wildman–Crippen LogP) is 18.1. The third-order valence-corrected chi connectivity index (χ3v) is 12.1. The summed E-state index contributed by atoms with van der Waals surface area (Å²) in [4.78, 5) is 38.0. The Morgan fingerprint density at radius 1 is 0.317 bits per heavy atom. The predicted molar refractivity (Wildman–Crippen MR) is 270 cm³/mol. The lowest BCUT2D eigenvalue weighted by Crippen LogP contribution is -2.30. The molecule has 0 radical (unpaired) electrons. The molecule has 0 aromatic carbocycles. The van der Waals surface area contributed by atoms with Crippen LogP contribution in [0.5, 0.6) is 0 Å². The highest BCUT2D eigenvalue weighted by Crippen LogP contribution is 2.15. The number of carbonyl (C=O) groups is 3. The van der Waals surface area contributed by atoms with Crippen molar-refractivity contribution in [2.75, 3.05) is 13.2 Å². The maximum absolute atomic E-state index is 12.8. The SMILES string of the molecule is CCCCCCCC/C=C\CCCCCCCCCC(=O)OCC(COC(=O)CCCCCCCCCCCCCC)OC(=O)CCCCC/C=C\C=C/CCCCCCCCC. The smallest absolute Gasteiger partial charge is 0.306 e. The molecule has 0 amide bonds. The third kappa shape index (κ3) is 50.5. The second kappa shape index (κ2) is 52.3. The molecule has 6 heteroatoms. The van der Waals surface area contributed by atoms with Gasteiger partial charge in [0, 0.05) is 19.3 Å². The number of esters is 3. The van der Waals surface area contributed by atoms with Crippen LogP contribution >= 0.6 is 0 Å². The van der Waals surface area contributed by atoms with E-state index in [0.29, 0.717) is 19.3 Å². The number of allylic oxidation sites excluding steroid dienone is 6. The molecule has 0 aromatic rings. The summed E-state index contributed by atoms with van der Waals surface area (Å²) in [5.74, 6) is -0.900. The van der Waals surface area contributed by atoms with E-state index in [1.165, 1.54) is 180 Å². The van der Waals surface area contributed by atoms with Gasteiger partial charge in [-0.25, -0.2) is 0 Å². The zero-order valence-electron chi connectivity index (χ0n) is 42.1. The number of hydrogen-bond acceptors (Lipinski definition) is 6. The number of ether oxygens (including phenoxy) is 3. The van der Waals surface area contributed by atoms with Gasteiger partial charge in [0.2, 0.25) is 0 Å². The molecule has 6 nitrogen and oxygen atoms in total. The first-order chi connectivity index (χ1) is 31.0. The number of hydrogen-bond donors (Lipinski definition) is 0. The van der Waals surface area contributed by atoms with Crippen molar-refractivity contribution < 1.29 is 28.6 Å². The Hall–Kier alpha value is -2.37. The van der Waals surface area contributed by atoms with Crippen molar-refractivity contribution in [3.05, 3.63) is 36.5 Å². The summed E-state index contributed by atoms with van der Waals surface area (Å²) in [6.07, 6.45) is 61.3. The van der Waals surface area contributed by atoms with E-state index in [2.05, 4.69) is 57.2 Å². The van der Waals surface area contributed by atoms with Gasteiger partial charge in [0.05, 0.1) is 0 Å². The summed E-state index contributed by atoms with van der Waals surface area (Å²) in [7, 11) is 0. The molecule has 0 saturated carbocycles. The van der Waals surface area contributed by atoms with E-state index in [1.807, 2.05) is 0 Å². The summed E-state index contributed by atoms with van der Waals surface area (Å²) in [6.45, 7) is 6.63. The van der Waals surface area contributed by atoms with Crippen LogP contribution in [0.4, 0.5) is 0 Å². The van der Waals surface area contributed by atoms with Crippen LogP contribution in [0.1, 0.15) is 290 Å². The number of rotatable bonds is 50. The van der Waals surface area contributed by atoms with Gasteiger partial charge in [0.25, 0.3) is 0 Å². The standard InChI is InChI=1S/C57H104O6/c1-4-7-10-13-16-19-22-25-27-29-31-32-35-38-41-44-47-50-56(59)62-53-54(52-61-55(58)49-46-43-40-37-34-24-21-18-15-12-9-6-3)63-57(60)51-48-45-42-39-36-33-30-28-26-23-20-17-14-11-8-5-2/h25,27-28,30,33,36,54H,4-24,26,29,31-32,34-35,37-53H2,1-3H3/b27-25-,30-28-,36-33-. The zero-order valence-corrected chi connectivity index (χ0v) is 42.1. The fourth-order valence-electron chi connectivity index (χ4n) is 7.96. The Morgan fingerprint density at radius 2 is 0.571 bits per heavy atom. The first-order valence-corrected chi connectivity index (χ1v) is 27.5. The topological polar surface area (TPSA) is 78.9 Å². The summed E-state index contributed by atoms with van der Waals surface area (Å²) in [5, 5.41) is 0. The fourth-order valence-corrected chi connectivity index (χ4v) is 7.96. The second-order valence-electron chi connectivity index (χ2n) is 18.5. The molecule has 0 aliphatic carbocycles. The van der Waals surface area contributed by atoms with E-state index in [4.69, 9.17) is 14.2 Å². The van der Waals surface area contributed by atoms with E-state index in [1.54, 1.807) is 0 Å². The second-order valence-corrected chi connectivity index (χ2v) is 18.5. The molecule has 0 aliphatic rings. The molecule has 1 unspecified atom stereocenters. The lowest BCUT2D eigenvalue weighted by molar-refractivity contribution is -0.167. The minimum absolute atomic E-state index is 0.0811. The maximum Gasteiger partial charge on any atom is 0.306 e. The van der Waals surface area contributed by atoms with Crippen LogP contribution in [0, 0.1) is 0 Å². The van der Waals surface area contributed by atoms with Gasteiger partial charge >= 0.3 is 17.9 Å². The van der Waals surface area contributed by atoms with E-state index in [-0.39, 0.29) is 31.1 Å². The van der Waals surface area contributed by atoms with Gasteiger partial charge in [-0.2, -0.15) is 0 Å². The van der Waals surface area contributed by atoms with Crippen molar-refractivity contribution in [2.45, 2.75) is 297 Å². The maximum atomic E-state index is 12.8. The van der Waals surface area contributed by atoms with E-state index in [0.717, 1.165) is 70.6 Å². The molecule has 0 aliphatic heterocycles. The van der Waals surface area contributed by atoms with Crippen molar-refractivity contribution in [1.29, 1.82) is 0 Å². The minimum Gasteiger partial charge on any atom is -0.462 e. The molecule has 1 atom stereocenters. The van der Waals surface area contributed by atoms with Crippen LogP contribution in [0.3, 0.4) is 0 Å². The van der Waals surface area contributed by atoms with Crippen molar-refractivity contribution in [3.63, 3.8) is 0 Å². The van der Waals surface area contributed by atoms with Crippen molar-refractivity contribution in [2.24, 2.45) is 0 Å². The van der Waals surface area contributed by atoms with E-state index < -0.39 is 6.10 Å². The van der Waals surface area contributed by atoms with Crippen molar-refractivity contribution in [3.8, 4) is 0 Å². The van der Waals surface area contributed by atoms with Gasteiger partial charge in [-0.1, -0.05) is 237 Å². The molecule has 0 saturated heterocycles. The van der Waals surface area contributed by atoms with Gasteiger partial charge in [-0.05, 0) is 70.6 Å². The highest BCUT2D eigenvalue weighted by Gasteiger charge is 2.19. The zero-order chi connectivity index (χ0) is 45.8. The highest BCUT2D eigenvalue weighted by atomic mass is 16.6. The van der Waals surface area contributed by atoms with Gasteiger partial charge in [0.15, 0.2) is 6.10 Å². The molecule has 0 rings (SSSR count). The van der Waals surface area contributed by atoms with Crippen LogP contribution in [-0.2, 0) is 28.6 Å². The van der Waals surface area contributed by atoms with Crippen LogP contribution in [0.2, 0.25) is 0 Å². The molecule has 0 heterocycles. The van der Waals surface area contributed by atoms with Crippen LogP contribution in [0.15, 0.2) is 36.5 Å². The Morgan fingerprint density at radius 3 is 0.905 bits per heavy atom. The summed E-state index contributed by atoms with van der Waals surface area (Å²) in [5.41, 5.74) is 0. The summed E-state index contributed by atoms with van der Waals surface area (Å²) < 4.78 is 16.8. The quantitative estimate of drug-likeness (QED) is 0.0199. The lowest BCUT2D eigenvalue weighted by atomic mass is 10.0. The minimum atomic E-state index is -0.784. The summed E-state index contributed by atoms with van der Waals surface area (Å²) in [6, 6.07) is 0. The normalized spacial score (nSPS) is 12.2. The Balaban J connectivity index is 4.38. The first kappa shape index (κ1) is 60.6. The Kier molecular flexibility index (Phi) is 50.3. The van der Waals surface area contributed by atoms with E-state index >= 15 is 0 Å². The van der Waals surface area contributed by atoms with Gasteiger partial charge in [0.1, 0.15) is 13.2 Å². The fraction of sp³-hybridized carbons (Fsp3) is 0.842. The molecule has 0 N–H and O–H groups in total. The van der Waals surface area contributed by atoms with Crippen molar-refractivity contribution >= 4 is 17.9 Å².